The van der Waals surface area contributed by atoms with E-state index < -0.39 is 0 Å². The lowest BCUT2D eigenvalue weighted by molar-refractivity contribution is -0.0317. The molecule has 0 saturated carbocycles. The van der Waals surface area contributed by atoms with Crippen LogP contribution in [0.5, 0.6) is 0 Å². The van der Waals surface area contributed by atoms with E-state index >= 15 is 0 Å². The summed E-state index contributed by atoms with van der Waals surface area (Å²) in [5.74, 6) is 5.32. The molecule has 0 heterocycles. The third-order valence-corrected chi connectivity index (χ3v) is 2.87. The average molecular weight is 249 g/mol. The molecule has 0 fully saturated rings. The number of hydrogen-bond acceptors (Lipinski definition) is 2. The first-order chi connectivity index (χ1) is 8.48. The maximum absolute atomic E-state index is 13.2. The molecule has 0 aromatic heterocycles. The van der Waals surface area contributed by atoms with Crippen LogP contribution in [0.2, 0.25) is 0 Å². The van der Waals surface area contributed by atoms with Gasteiger partial charge in [-0.2, -0.15) is 0 Å². The molecular formula is C15H20FNO. The Bertz CT molecular complexity index is 457. The maximum Gasteiger partial charge on any atom is 0.124 e. The van der Waals surface area contributed by atoms with E-state index in [0.29, 0.717) is 12.2 Å². The topological polar surface area (TPSA) is 35.2 Å². The molecular weight excluding hydrogens is 229 g/mol. The number of hydrogen-bond donors (Lipinski definition) is 1. The minimum absolute atomic E-state index is 0.188. The van der Waals surface area contributed by atoms with Gasteiger partial charge in [-0.05, 0) is 38.0 Å². The minimum Gasteiger partial charge on any atom is -0.371 e. The first kappa shape index (κ1) is 14.7. The van der Waals surface area contributed by atoms with Crippen LogP contribution in [0.1, 0.15) is 38.3 Å². The van der Waals surface area contributed by atoms with E-state index in [2.05, 4.69) is 18.8 Å². The highest BCUT2D eigenvalue weighted by Gasteiger charge is 2.16. The van der Waals surface area contributed by atoms with E-state index in [1.54, 1.807) is 6.07 Å². The second kappa shape index (κ2) is 6.53. The summed E-state index contributed by atoms with van der Waals surface area (Å²) in [5, 5.41) is 0. The molecule has 2 N–H and O–H groups in total. The summed E-state index contributed by atoms with van der Waals surface area (Å²) in [4.78, 5) is 0. The lowest BCUT2D eigenvalue weighted by Gasteiger charge is -2.23. The third-order valence-electron chi connectivity index (χ3n) is 2.87. The van der Waals surface area contributed by atoms with E-state index in [4.69, 9.17) is 10.5 Å². The van der Waals surface area contributed by atoms with Gasteiger partial charge in [0, 0.05) is 5.56 Å². The van der Waals surface area contributed by atoms with Gasteiger partial charge in [0.05, 0.1) is 18.8 Å². The number of ether oxygens (including phenoxy) is 1. The smallest absolute Gasteiger partial charge is 0.124 e. The summed E-state index contributed by atoms with van der Waals surface area (Å²) >= 11 is 0. The van der Waals surface area contributed by atoms with Crippen LogP contribution in [-0.2, 0) is 11.3 Å². The predicted molar refractivity (Wildman–Crippen MR) is 71.5 cm³/mol. The Hall–Kier alpha value is -1.37. The zero-order chi connectivity index (χ0) is 13.6. The fourth-order valence-electron chi connectivity index (χ4n) is 1.31. The van der Waals surface area contributed by atoms with E-state index in [1.165, 1.54) is 12.1 Å². The molecule has 1 aromatic rings. The van der Waals surface area contributed by atoms with Crippen molar-refractivity contribution in [3.63, 3.8) is 0 Å². The van der Waals surface area contributed by atoms with Crippen LogP contribution in [0.3, 0.4) is 0 Å². The van der Waals surface area contributed by atoms with Gasteiger partial charge in [-0.1, -0.05) is 24.8 Å². The van der Waals surface area contributed by atoms with Gasteiger partial charge in [0.15, 0.2) is 0 Å². The van der Waals surface area contributed by atoms with Crippen LogP contribution in [0.15, 0.2) is 18.2 Å². The monoisotopic (exact) mass is 249 g/mol. The van der Waals surface area contributed by atoms with Gasteiger partial charge in [-0.15, -0.1) is 0 Å². The normalized spacial score (nSPS) is 10.9. The Balaban J connectivity index is 2.88. The average Bonchev–Trinajstić information content (AvgIpc) is 2.35. The molecule has 0 aliphatic carbocycles. The molecule has 0 radical (unpaired) electrons. The molecule has 2 nitrogen and oxygen atoms in total. The third kappa shape index (κ3) is 4.48. The fraction of sp³-hybridized carbons (Fsp3) is 0.467. The largest absolute Gasteiger partial charge is 0.371 e. The number of nitrogens with two attached hydrogens (primary N) is 1. The first-order valence-electron chi connectivity index (χ1n) is 6.10. The van der Waals surface area contributed by atoms with Crippen molar-refractivity contribution in [1.82, 2.24) is 0 Å². The van der Waals surface area contributed by atoms with Crippen molar-refractivity contribution >= 4 is 0 Å². The summed E-state index contributed by atoms with van der Waals surface area (Å²) in [7, 11) is 0. The van der Waals surface area contributed by atoms with Gasteiger partial charge in [-0.25, -0.2) is 4.39 Å². The summed E-state index contributed by atoms with van der Waals surface area (Å²) in [6.07, 6.45) is 0.915. The summed E-state index contributed by atoms with van der Waals surface area (Å²) < 4.78 is 19.0. The highest BCUT2D eigenvalue weighted by molar-refractivity contribution is 5.41. The second-order valence-corrected chi connectivity index (χ2v) is 4.71. The molecule has 0 amide bonds. The van der Waals surface area contributed by atoms with E-state index in [-0.39, 0.29) is 18.0 Å². The van der Waals surface area contributed by atoms with Crippen molar-refractivity contribution in [3.8, 4) is 11.8 Å². The lowest BCUT2D eigenvalue weighted by Crippen LogP contribution is -2.22. The lowest BCUT2D eigenvalue weighted by atomic mass is 10.1. The summed E-state index contributed by atoms with van der Waals surface area (Å²) in [6, 6.07) is 4.55. The van der Waals surface area contributed by atoms with Crippen LogP contribution in [0.4, 0.5) is 4.39 Å². The number of rotatable bonds is 4. The molecule has 18 heavy (non-hydrogen) atoms. The summed E-state index contributed by atoms with van der Waals surface area (Å²) in [5.41, 5.74) is 6.68. The Morgan fingerprint density at radius 3 is 2.72 bits per heavy atom. The Morgan fingerprint density at radius 2 is 2.11 bits per heavy atom. The number of halogens is 1. The highest BCUT2D eigenvalue weighted by atomic mass is 19.1. The van der Waals surface area contributed by atoms with Gasteiger partial charge in [0.1, 0.15) is 5.82 Å². The second-order valence-electron chi connectivity index (χ2n) is 4.71. The van der Waals surface area contributed by atoms with Gasteiger partial charge < -0.3 is 10.5 Å². The quantitative estimate of drug-likeness (QED) is 0.833. The van der Waals surface area contributed by atoms with Crippen LogP contribution in [-0.4, -0.2) is 12.1 Å². The summed E-state index contributed by atoms with van der Waals surface area (Å²) in [6.45, 7) is 6.82. The SMILES string of the molecule is CCC(C)(C)OCc1ccc(F)cc1C#CCN. The van der Waals surface area contributed by atoms with Crippen LogP contribution >= 0.6 is 0 Å². The maximum atomic E-state index is 13.2. The standard InChI is InChI=1S/C15H20FNO/c1-4-15(2,3)18-11-13-7-8-14(16)10-12(13)6-5-9-17/h7-8,10H,4,9,11,17H2,1-3H3. The number of benzene rings is 1. The Kier molecular flexibility index (Phi) is 5.33. The zero-order valence-corrected chi connectivity index (χ0v) is 11.2. The molecule has 0 aliphatic rings. The minimum atomic E-state index is -0.296. The van der Waals surface area contributed by atoms with Crippen molar-refractivity contribution in [2.45, 2.75) is 39.4 Å². The first-order valence-corrected chi connectivity index (χ1v) is 6.10. The van der Waals surface area contributed by atoms with E-state index in [1.807, 2.05) is 13.8 Å². The molecule has 1 aromatic carbocycles. The van der Waals surface area contributed by atoms with Crippen LogP contribution in [0.25, 0.3) is 0 Å². The molecule has 0 spiro atoms. The van der Waals surface area contributed by atoms with Crippen molar-refractivity contribution in [3.05, 3.63) is 35.1 Å². The highest BCUT2D eigenvalue weighted by Crippen LogP contribution is 2.18. The van der Waals surface area contributed by atoms with Crippen molar-refractivity contribution in [2.24, 2.45) is 5.73 Å². The van der Waals surface area contributed by atoms with Crippen LogP contribution in [0, 0.1) is 17.7 Å². The molecule has 0 atom stereocenters. The molecule has 98 valence electrons. The van der Waals surface area contributed by atoms with Crippen molar-refractivity contribution < 1.29 is 9.13 Å². The van der Waals surface area contributed by atoms with Gasteiger partial charge >= 0.3 is 0 Å². The molecule has 0 unspecified atom stereocenters. The Morgan fingerprint density at radius 1 is 1.39 bits per heavy atom. The predicted octanol–water partition coefficient (Wildman–Crippen LogP) is 2.84. The Labute approximate surface area is 108 Å². The molecule has 0 aliphatic heterocycles. The van der Waals surface area contributed by atoms with Gasteiger partial charge in [0.2, 0.25) is 0 Å². The molecule has 3 heteroatoms. The molecule has 0 saturated heterocycles. The van der Waals surface area contributed by atoms with Crippen LogP contribution < -0.4 is 5.73 Å². The zero-order valence-electron chi connectivity index (χ0n) is 11.2. The van der Waals surface area contributed by atoms with E-state index in [9.17, 15) is 4.39 Å². The van der Waals surface area contributed by atoms with Crippen molar-refractivity contribution in [1.29, 1.82) is 0 Å². The molecule has 1 rings (SSSR count). The van der Waals surface area contributed by atoms with Gasteiger partial charge in [0.25, 0.3) is 0 Å². The molecule has 0 bridgehead atoms. The van der Waals surface area contributed by atoms with Crippen molar-refractivity contribution in [2.75, 3.05) is 6.54 Å². The fourth-order valence-corrected chi connectivity index (χ4v) is 1.31. The van der Waals surface area contributed by atoms with Gasteiger partial charge in [-0.3, -0.25) is 0 Å². The van der Waals surface area contributed by atoms with E-state index in [0.717, 1.165) is 12.0 Å².